The quantitative estimate of drug-likeness (QED) is 0.405. The fourth-order valence-corrected chi connectivity index (χ4v) is 3.68. The molecule has 0 aliphatic carbocycles. The second-order valence-electron chi connectivity index (χ2n) is 8.02. The summed E-state index contributed by atoms with van der Waals surface area (Å²) in [6.45, 7) is 3.07. The van der Waals surface area contributed by atoms with Gasteiger partial charge >= 0.3 is 18.1 Å². The van der Waals surface area contributed by atoms with Crippen LogP contribution in [0.25, 0.3) is 0 Å². The van der Waals surface area contributed by atoms with Gasteiger partial charge in [-0.2, -0.15) is 13.2 Å². The van der Waals surface area contributed by atoms with Gasteiger partial charge in [-0.05, 0) is 51.1 Å². The monoisotopic (exact) mass is 477 g/mol. The lowest BCUT2D eigenvalue weighted by atomic mass is 9.92. The van der Waals surface area contributed by atoms with Gasteiger partial charge in [0.05, 0.1) is 5.92 Å². The van der Waals surface area contributed by atoms with Gasteiger partial charge in [0, 0.05) is 25.9 Å². The SMILES string of the molecule is C#CC[C@@H](NC(=O)[C@@H]1CCCN(C(=O)CCC2CCNCC2)C1)C(=O)O.O=C(O)C(F)(F)F. The van der Waals surface area contributed by atoms with Crippen molar-refractivity contribution in [1.29, 1.82) is 0 Å². The number of nitrogens with zero attached hydrogens (tertiary/aromatic N) is 1. The van der Waals surface area contributed by atoms with Gasteiger partial charge in [0.25, 0.3) is 0 Å². The number of carboxylic acid groups (broad SMARTS) is 2. The van der Waals surface area contributed by atoms with Gasteiger partial charge in [-0.25, -0.2) is 9.59 Å². The van der Waals surface area contributed by atoms with Crippen molar-refractivity contribution in [3.05, 3.63) is 0 Å². The van der Waals surface area contributed by atoms with Crippen LogP contribution in [0.1, 0.15) is 44.9 Å². The Bertz CT molecular complexity index is 732. The number of alkyl halides is 3. The highest BCUT2D eigenvalue weighted by Crippen LogP contribution is 2.21. The molecule has 2 fully saturated rings. The molecule has 0 aromatic rings. The molecule has 0 aromatic heterocycles. The third-order valence-electron chi connectivity index (χ3n) is 5.55. The van der Waals surface area contributed by atoms with Crippen LogP contribution in [0, 0.1) is 24.2 Å². The number of carbonyl (C=O) groups is 4. The Morgan fingerprint density at radius 3 is 2.27 bits per heavy atom. The Morgan fingerprint density at radius 1 is 1.15 bits per heavy atom. The highest BCUT2D eigenvalue weighted by Gasteiger charge is 2.38. The van der Waals surface area contributed by atoms with E-state index >= 15 is 0 Å². The zero-order valence-corrected chi connectivity index (χ0v) is 18.2. The molecule has 2 atom stereocenters. The maximum Gasteiger partial charge on any atom is 0.490 e. The zero-order chi connectivity index (χ0) is 25.0. The summed E-state index contributed by atoms with van der Waals surface area (Å²) < 4.78 is 31.7. The topological polar surface area (TPSA) is 136 Å². The number of hydrogen-bond donors (Lipinski definition) is 4. The van der Waals surface area contributed by atoms with Crippen molar-refractivity contribution in [1.82, 2.24) is 15.5 Å². The van der Waals surface area contributed by atoms with Crippen LogP contribution < -0.4 is 10.6 Å². The molecule has 12 heteroatoms. The second-order valence-corrected chi connectivity index (χ2v) is 8.02. The van der Waals surface area contributed by atoms with Crippen molar-refractivity contribution < 1.29 is 42.6 Å². The molecule has 2 heterocycles. The second kappa shape index (κ2) is 13.7. The van der Waals surface area contributed by atoms with Crippen LogP contribution in [0.3, 0.4) is 0 Å². The summed E-state index contributed by atoms with van der Waals surface area (Å²) in [4.78, 5) is 46.7. The average molecular weight is 477 g/mol. The molecule has 2 rings (SSSR count). The van der Waals surface area contributed by atoms with E-state index in [1.807, 2.05) is 0 Å². The van der Waals surface area contributed by atoms with E-state index in [1.54, 1.807) is 4.90 Å². The first kappa shape index (κ1) is 28.2. The minimum atomic E-state index is -5.08. The Hall–Kier alpha value is -2.81. The summed E-state index contributed by atoms with van der Waals surface area (Å²) >= 11 is 0. The van der Waals surface area contributed by atoms with Crippen LogP contribution in [-0.2, 0) is 19.2 Å². The lowest BCUT2D eigenvalue weighted by Crippen LogP contribution is -2.49. The minimum absolute atomic E-state index is 0.0489. The van der Waals surface area contributed by atoms with Gasteiger partial charge in [0.1, 0.15) is 6.04 Å². The van der Waals surface area contributed by atoms with Gasteiger partial charge in [-0.15, -0.1) is 12.3 Å². The molecule has 0 radical (unpaired) electrons. The molecule has 0 spiro atoms. The maximum atomic E-state index is 12.5. The summed E-state index contributed by atoms with van der Waals surface area (Å²) in [6.07, 6.45) is 5.09. The van der Waals surface area contributed by atoms with Crippen LogP contribution >= 0.6 is 0 Å². The molecule has 4 N–H and O–H groups in total. The molecule has 2 aliphatic rings. The Morgan fingerprint density at radius 2 is 1.76 bits per heavy atom. The van der Waals surface area contributed by atoms with Gasteiger partial charge in [-0.1, -0.05) is 0 Å². The summed E-state index contributed by atoms with van der Waals surface area (Å²) in [5.74, 6) is -1.63. The normalized spacial score (nSPS) is 19.9. The average Bonchev–Trinajstić information content (AvgIpc) is 2.77. The molecule has 33 heavy (non-hydrogen) atoms. The van der Waals surface area contributed by atoms with Gasteiger partial charge in [0.2, 0.25) is 11.8 Å². The van der Waals surface area contributed by atoms with Crippen molar-refractivity contribution in [2.75, 3.05) is 26.2 Å². The van der Waals surface area contributed by atoms with E-state index in [1.165, 1.54) is 0 Å². The number of amides is 2. The van der Waals surface area contributed by atoms with Crippen LogP contribution in [-0.4, -0.2) is 77.3 Å². The molecule has 9 nitrogen and oxygen atoms in total. The summed E-state index contributed by atoms with van der Waals surface area (Å²) in [5.41, 5.74) is 0. The fraction of sp³-hybridized carbons (Fsp3) is 0.714. The Kier molecular flexibility index (Phi) is 11.7. The summed E-state index contributed by atoms with van der Waals surface area (Å²) in [6, 6.07) is -1.07. The predicted octanol–water partition coefficient (Wildman–Crippen LogP) is 1.23. The highest BCUT2D eigenvalue weighted by molar-refractivity contribution is 5.86. The highest BCUT2D eigenvalue weighted by atomic mass is 19.4. The summed E-state index contributed by atoms with van der Waals surface area (Å²) in [7, 11) is 0. The lowest BCUT2D eigenvalue weighted by Gasteiger charge is -2.33. The van der Waals surface area contributed by atoms with Crippen molar-refractivity contribution >= 4 is 23.8 Å². The molecule has 0 bridgehead atoms. The molecule has 2 amide bonds. The third kappa shape index (κ3) is 10.6. The van der Waals surface area contributed by atoms with E-state index in [9.17, 15) is 27.6 Å². The van der Waals surface area contributed by atoms with E-state index < -0.39 is 24.2 Å². The first-order chi connectivity index (χ1) is 15.5. The molecule has 0 aromatic carbocycles. The number of terminal acetylenes is 1. The van der Waals surface area contributed by atoms with Gasteiger partial charge in [-0.3, -0.25) is 9.59 Å². The number of halogens is 3. The predicted molar refractivity (Wildman–Crippen MR) is 111 cm³/mol. The first-order valence-electron chi connectivity index (χ1n) is 10.7. The van der Waals surface area contributed by atoms with E-state index in [0.717, 1.165) is 38.8 Å². The number of carbonyl (C=O) groups excluding carboxylic acids is 2. The number of aliphatic carboxylic acids is 2. The number of likely N-dealkylation sites (tertiary alicyclic amines) is 1. The Balaban J connectivity index is 0.000000675. The molecule has 0 saturated carbocycles. The molecular weight excluding hydrogens is 447 g/mol. The van der Waals surface area contributed by atoms with E-state index in [2.05, 4.69) is 16.6 Å². The molecule has 0 unspecified atom stereocenters. The fourth-order valence-electron chi connectivity index (χ4n) is 3.68. The van der Waals surface area contributed by atoms with Crippen molar-refractivity contribution in [2.24, 2.45) is 11.8 Å². The molecule has 2 aliphatic heterocycles. The van der Waals surface area contributed by atoms with Crippen molar-refractivity contribution in [2.45, 2.75) is 57.2 Å². The first-order valence-corrected chi connectivity index (χ1v) is 10.7. The number of hydrogen-bond acceptors (Lipinski definition) is 5. The van der Waals surface area contributed by atoms with Crippen LogP contribution in [0.15, 0.2) is 0 Å². The molecular formula is C21H30F3N3O6. The number of rotatable bonds is 7. The lowest BCUT2D eigenvalue weighted by molar-refractivity contribution is -0.192. The van der Waals surface area contributed by atoms with Crippen molar-refractivity contribution in [3.63, 3.8) is 0 Å². The smallest absolute Gasteiger partial charge is 0.480 e. The van der Waals surface area contributed by atoms with E-state index in [4.69, 9.17) is 21.4 Å². The largest absolute Gasteiger partial charge is 0.490 e. The summed E-state index contributed by atoms with van der Waals surface area (Å²) in [5, 5.41) is 22.1. The standard InChI is InChI=1S/C19H29N3O4.C2HF3O2/c1-2-4-16(19(25)26)21-18(24)15-5-3-12-22(13-15)17(23)7-6-14-8-10-20-11-9-14;3-2(4,5)1(6)7/h1,14-16,20H,3-13H2,(H,21,24)(H,25,26);(H,6,7)/t15-,16-;/m1./s1. The van der Waals surface area contributed by atoms with E-state index in [-0.39, 0.29) is 24.2 Å². The number of piperidine rings is 2. The number of nitrogens with one attached hydrogen (secondary N) is 2. The zero-order valence-electron chi connectivity index (χ0n) is 18.2. The van der Waals surface area contributed by atoms with Crippen molar-refractivity contribution in [3.8, 4) is 12.3 Å². The van der Waals surface area contributed by atoms with Crippen LogP contribution in [0.5, 0.6) is 0 Å². The van der Waals surface area contributed by atoms with Gasteiger partial charge < -0.3 is 25.7 Å². The van der Waals surface area contributed by atoms with E-state index in [0.29, 0.717) is 31.8 Å². The third-order valence-corrected chi connectivity index (χ3v) is 5.55. The number of carboxylic acids is 2. The maximum absolute atomic E-state index is 12.5. The molecule has 186 valence electrons. The van der Waals surface area contributed by atoms with Crippen LogP contribution in [0.2, 0.25) is 0 Å². The van der Waals surface area contributed by atoms with Crippen LogP contribution in [0.4, 0.5) is 13.2 Å². The minimum Gasteiger partial charge on any atom is -0.480 e. The molecule has 2 saturated heterocycles. The van der Waals surface area contributed by atoms with Gasteiger partial charge in [0.15, 0.2) is 0 Å². The Labute approximate surface area is 190 Å².